The summed E-state index contributed by atoms with van der Waals surface area (Å²) < 4.78 is 41.8. The number of hydrogen-bond donors (Lipinski definition) is 0. The van der Waals surface area contributed by atoms with Gasteiger partial charge in [-0.05, 0) is 35.6 Å². The molecule has 0 saturated carbocycles. The van der Waals surface area contributed by atoms with Crippen LogP contribution in [0.15, 0.2) is 12.3 Å². The average molecular weight is 317 g/mol. The highest BCUT2D eigenvalue weighted by Gasteiger charge is 2.34. The van der Waals surface area contributed by atoms with Crippen LogP contribution in [0, 0.1) is 3.57 Å². The molecular weight excluding hydrogens is 310 g/mol. The van der Waals surface area contributed by atoms with Crippen LogP contribution in [0.1, 0.15) is 12.6 Å². The molecule has 0 saturated heterocycles. The quantitative estimate of drug-likeness (QED) is 0.782. The second-order valence-corrected chi connectivity index (χ2v) is 3.59. The third-order valence-electron chi connectivity index (χ3n) is 1.40. The maximum Gasteiger partial charge on any atom is 0.434 e. The zero-order valence-corrected chi connectivity index (χ0v) is 9.39. The Morgan fingerprint density at radius 3 is 2.57 bits per heavy atom. The van der Waals surface area contributed by atoms with Crippen LogP contribution in [0.5, 0.6) is 5.75 Å². The second kappa shape index (κ2) is 4.33. The fourth-order valence-electron chi connectivity index (χ4n) is 0.875. The predicted molar refractivity (Wildman–Crippen MR) is 53.1 cm³/mol. The van der Waals surface area contributed by atoms with Crippen molar-refractivity contribution in [1.82, 2.24) is 4.98 Å². The van der Waals surface area contributed by atoms with Crippen LogP contribution in [0.2, 0.25) is 0 Å². The molecule has 1 aromatic heterocycles. The van der Waals surface area contributed by atoms with Gasteiger partial charge in [0.1, 0.15) is 5.75 Å². The molecule has 6 heteroatoms. The van der Waals surface area contributed by atoms with E-state index in [0.717, 1.165) is 6.20 Å². The van der Waals surface area contributed by atoms with Gasteiger partial charge in [-0.1, -0.05) is 0 Å². The van der Waals surface area contributed by atoms with Crippen molar-refractivity contribution in [2.75, 3.05) is 6.61 Å². The monoisotopic (exact) mass is 317 g/mol. The molecule has 0 aliphatic heterocycles. The van der Waals surface area contributed by atoms with E-state index in [2.05, 4.69) is 4.98 Å². The summed E-state index contributed by atoms with van der Waals surface area (Å²) in [5.74, 6) is 0.352. The molecular formula is C8H7F3INO. The molecule has 0 amide bonds. The molecule has 0 aliphatic rings. The predicted octanol–water partition coefficient (Wildman–Crippen LogP) is 3.10. The molecule has 1 heterocycles. The molecule has 0 radical (unpaired) electrons. The van der Waals surface area contributed by atoms with Crippen LogP contribution in [0.4, 0.5) is 13.2 Å². The van der Waals surface area contributed by atoms with Gasteiger partial charge in [-0.2, -0.15) is 13.2 Å². The number of alkyl halides is 3. The summed E-state index contributed by atoms with van der Waals surface area (Å²) >= 11 is 1.59. The van der Waals surface area contributed by atoms with Crippen molar-refractivity contribution in [2.24, 2.45) is 0 Å². The molecule has 0 aromatic carbocycles. The zero-order chi connectivity index (χ0) is 10.8. The molecule has 0 bridgehead atoms. The minimum Gasteiger partial charge on any atom is -0.492 e. The summed E-state index contributed by atoms with van der Waals surface area (Å²) in [5, 5.41) is 0. The van der Waals surface area contributed by atoms with Gasteiger partial charge in [0.15, 0.2) is 5.69 Å². The molecule has 1 aromatic rings. The Kier molecular flexibility index (Phi) is 3.57. The molecule has 0 unspecified atom stereocenters. The van der Waals surface area contributed by atoms with Gasteiger partial charge in [0.05, 0.1) is 12.8 Å². The van der Waals surface area contributed by atoms with Crippen molar-refractivity contribution in [2.45, 2.75) is 13.1 Å². The van der Waals surface area contributed by atoms with Gasteiger partial charge in [-0.3, -0.25) is 0 Å². The van der Waals surface area contributed by atoms with Crippen molar-refractivity contribution < 1.29 is 17.9 Å². The Balaban J connectivity index is 3.02. The Morgan fingerprint density at radius 1 is 1.50 bits per heavy atom. The van der Waals surface area contributed by atoms with Crippen molar-refractivity contribution in [3.8, 4) is 5.75 Å². The fraction of sp³-hybridized carbons (Fsp3) is 0.375. The van der Waals surface area contributed by atoms with Crippen LogP contribution in [0.25, 0.3) is 0 Å². The van der Waals surface area contributed by atoms with E-state index < -0.39 is 11.9 Å². The lowest BCUT2D eigenvalue weighted by molar-refractivity contribution is -0.141. The van der Waals surface area contributed by atoms with Crippen molar-refractivity contribution in [3.05, 3.63) is 21.5 Å². The lowest BCUT2D eigenvalue weighted by Gasteiger charge is -2.09. The normalized spacial score (nSPS) is 11.5. The largest absolute Gasteiger partial charge is 0.492 e. The van der Waals surface area contributed by atoms with E-state index in [1.54, 1.807) is 29.5 Å². The molecule has 2 nitrogen and oxygen atoms in total. The summed E-state index contributed by atoms with van der Waals surface area (Å²) in [7, 11) is 0. The van der Waals surface area contributed by atoms with E-state index in [0.29, 0.717) is 12.4 Å². The molecule has 78 valence electrons. The highest BCUT2D eigenvalue weighted by atomic mass is 127. The lowest BCUT2D eigenvalue weighted by atomic mass is 10.3. The summed E-state index contributed by atoms with van der Waals surface area (Å²) in [6.45, 7) is 2.16. The Hall–Kier alpha value is -0.530. The Morgan fingerprint density at radius 2 is 2.14 bits per heavy atom. The number of rotatable bonds is 2. The van der Waals surface area contributed by atoms with Crippen LogP contribution in [-0.2, 0) is 6.18 Å². The van der Waals surface area contributed by atoms with Gasteiger partial charge < -0.3 is 4.74 Å². The van der Waals surface area contributed by atoms with E-state index >= 15 is 0 Å². The highest BCUT2D eigenvalue weighted by molar-refractivity contribution is 14.1. The van der Waals surface area contributed by atoms with E-state index in [4.69, 9.17) is 4.74 Å². The summed E-state index contributed by atoms with van der Waals surface area (Å²) in [6, 6.07) is 1.32. The number of nitrogens with zero attached hydrogens (tertiary/aromatic N) is 1. The molecule has 14 heavy (non-hydrogen) atoms. The van der Waals surface area contributed by atoms with E-state index in [1.165, 1.54) is 6.07 Å². The first kappa shape index (κ1) is 11.5. The third kappa shape index (κ3) is 2.73. The first-order chi connectivity index (χ1) is 6.45. The summed E-state index contributed by atoms with van der Waals surface area (Å²) in [4.78, 5) is 3.31. The molecule has 0 aliphatic carbocycles. The van der Waals surface area contributed by atoms with Gasteiger partial charge in [-0.15, -0.1) is 0 Å². The Labute approximate surface area is 92.6 Å². The first-order valence-corrected chi connectivity index (χ1v) is 4.88. The van der Waals surface area contributed by atoms with Crippen molar-refractivity contribution in [3.63, 3.8) is 0 Å². The second-order valence-electron chi connectivity index (χ2n) is 2.43. The number of halogens is 4. The average Bonchev–Trinajstić information content (AvgIpc) is 2.02. The molecule has 0 fully saturated rings. The maximum atomic E-state index is 12.3. The van der Waals surface area contributed by atoms with E-state index in [9.17, 15) is 13.2 Å². The third-order valence-corrected chi connectivity index (χ3v) is 2.22. The maximum absolute atomic E-state index is 12.3. The lowest BCUT2D eigenvalue weighted by Crippen LogP contribution is -2.10. The van der Waals surface area contributed by atoms with Crippen LogP contribution in [-0.4, -0.2) is 11.6 Å². The smallest absolute Gasteiger partial charge is 0.434 e. The minimum atomic E-state index is -4.40. The number of aromatic nitrogens is 1. The van der Waals surface area contributed by atoms with E-state index in [-0.39, 0.29) is 3.57 Å². The number of pyridine rings is 1. The standard InChI is InChI=1S/C8H7F3INO/c1-2-14-5-3-6(12)7(13-4-5)8(9,10)11/h3-4H,2H2,1H3. The number of hydrogen-bond acceptors (Lipinski definition) is 2. The first-order valence-electron chi connectivity index (χ1n) is 3.80. The SMILES string of the molecule is CCOc1cnc(C(F)(F)F)c(I)c1. The van der Waals surface area contributed by atoms with Gasteiger partial charge in [0, 0.05) is 3.57 Å². The van der Waals surface area contributed by atoms with Crippen LogP contribution >= 0.6 is 22.6 Å². The highest BCUT2D eigenvalue weighted by Crippen LogP contribution is 2.32. The van der Waals surface area contributed by atoms with Gasteiger partial charge >= 0.3 is 6.18 Å². The zero-order valence-electron chi connectivity index (χ0n) is 7.23. The van der Waals surface area contributed by atoms with Crippen LogP contribution < -0.4 is 4.74 Å². The molecule has 1 rings (SSSR count). The summed E-state index contributed by atoms with van der Waals surface area (Å²) in [5.41, 5.74) is -0.874. The molecule has 0 N–H and O–H groups in total. The topological polar surface area (TPSA) is 22.1 Å². The molecule has 0 atom stereocenters. The van der Waals surface area contributed by atoms with Gasteiger partial charge in [-0.25, -0.2) is 4.98 Å². The van der Waals surface area contributed by atoms with Crippen molar-refractivity contribution in [1.29, 1.82) is 0 Å². The van der Waals surface area contributed by atoms with Crippen LogP contribution in [0.3, 0.4) is 0 Å². The molecule has 0 spiro atoms. The van der Waals surface area contributed by atoms with Gasteiger partial charge in [0.25, 0.3) is 0 Å². The van der Waals surface area contributed by atoms with E-state index in [1.807, 2.05) is 0 Å². The summed E-state index contributed by atoms with van der Waals surface area (Å²) in [6.07, 6.45) is -3.32. The minimum absolute atomic E-state index is 0.0426. The Bertz CT molecular complexity index is 327. The van der Waals surface area contributed by atoms with Crippen molar-refractivity contribution >= 4 is 22.6 Å². The van der Waals surface area contributed by atoms with Gasteiger partial charge in [0.2, 0.25) is 0 Å². The fourth-order valence-corrected chi connectivity index (χ4v) is 1.63. The number of ether oxygens (including phenoxy) is 1.